The smallest absolute Gasteiger partial charge is 0.254 e. The van der Waals surface area contributed by atoms with E-state index in [4.69, 9.17) is 4.74 Å². The molecule has 0 aromatic heterocycles. The van der Waals surface area contributed by atoms with Gasteiger partial charge in [0.2, 0.25) is 5.91 Å². The highest BCUT2D eigenvalue weighted by atomic mass is 16.5. The predicted octanol–water partition coefficient (Wildman–Crippen LogP) is 1.26. The molecule has 0 radical (unpaired) electrons. The standard InChI is InChI=1S/C19H27N3O3/c23-18(15-21-8-2-1-3-9-21)20-14-16-4-6-17(7-5-16)19(24)22-10-12-25-13-11-22/h4-7H,1-3,8-15H2,(H,20,23). The third-order valence-corrected chi connectivity index (χ3v) is 4.80. The van der Waals surface area contributed by atoms with Gasteiger partial charge in [0.1, 0.15) is 0 Å². The average molecular weight is 345 g/mol. The molecule has 2 heterocycles. The molecule has 136 valence electrons. The van der Waals surface area contributed by atoms with E-state index in [1.165, 1.54) is 19.3 Å². The van der Waals surface area contributed by atoms with Crippen LogP contribution in [0.2, 0.25) is 0 Å². The summed E-state index contributed by atoms with van der Waals surface area (Å²) in [6.07, 6.45) is 3.64. The molecule has 25 heavy (non-hydrogen) atoms. The highest BCUT2D eigenvalue weighted by molar-refractivity contribution is 5.94. The first kappa shape index (κ1) is 17.9. The predicted molar refractivity (Wildman–Crippen MR) is 95.3 cm³/mol. The van der Waals surface area contributed by atoms with Crippen LogP contribution in [0.4, 0.5) is 0 Å². The number of nitrogens with one attached hydrogen (secondary N) is 1. The van der Waals surface area contributed by atoms with Gasteiger partial charge >= 0.3 is 0 Å². The number of hydrogen-bond donors (Lipinski definition) is 1. The number of benzene rings is 1. The number of nitrogens with zero attached hydrogens (tertiary/aromatic N) is 2. The van der Waals surface area contributed by atoms with Crippen LogP contribution in [0.15, 0.2) is 24.3 Å². The number of likely N-dealkylation sites (tertiary alicyclic amines) is 1. The van der Waals surface area contributed by atoms with Crippen molar-refractivity contribution >= 4 is 11.8 Å². The fourth-order valence-corrected chi connectivity index (χ4v) is 3.29. The molecule has 1 aromatic rings. The second-order valence-corrected chi connectivity index (χ2v) is 6.72. The lowest BCUT2D eigenvalue weighted by atomic mass is 10.1. The number of ether oxygens (including phenoxy) is 1. The minimum absolute atomic E-state index is 0.0454. The van der Waals surface area contributed by atoms with Gasteiger partial charge in [0.05, 0.1) is 19.8 Å². The van der Waals surface area contributed by atoms with Crippen LogP contribution in [-0.2, 0) is 16.1 Å². The molecule has 0 atom stereocenters. The van der Waals surface area contributed by atoms with Gasteiger partial charge in [-0.2, -0.15) is 0 Å². The van der Waals surface area contributed by atoms with E-state index in [0.29, 0.717) is 45.0 Å². The minimum Gasteiger partial charge on any atom is -0.378 e. The molecule has 2 amide bonds. The Morgan fingerprint density at radius 2 is 1.64 bits per heavy atom. The van der Waals surface area contributed by atoms with Crippen LogP contribution in [0.5, 0.6) is 0 Å². The summed E-state index contributed by atoms with van der Waals surface area (Å²) in [5.74, 6) is 0.111. The van der Waals surface area contributed by atoms with Crippen LogP contribution in [0, 0.1) is 0 Å². The molecule has 2 saturated heterocycles. The summed E-state index contributed by atoms with van der Waals surface area (Å²) in [5, 5.41) is 2.97. The van der Waals surface area contributed by atoms with Crippen molar-refractivity contribution in [2.24, 2.45) is 0 Å². The maximum Gasteiger partial charge on any atom is 0.254 e. The molecule has 1 N–H and O–H groups in total. The van der Waals surface area contributed by atoms with Gasteiger partial charge in [-0.15, -0.1) is 0 Å². The fourth-order valence-electron chi connectivity index (χ4n) is 3.29. The molecule has 0 saturated carbocycles. The maximum absolute atomic E-state index is 12.4. The van der Waals surface area contributed by atoms with Crippen LogP contribution in [0.1, 0.15) is 35.2 Å². The van der Waals surface area contributed by atoms with Crippen molar-refractivity contribution in [1.29, 1.82) is 0 Å². The Morgan fingerprint density at radius 1 is 0.960 bits per heavy atom. The largest absolute Gasteiger partial charge is 0.378 e. The summed E-state index contributed by atoms with van der Waals surface area (Å²) in [7, 11) is 0. The molecule has 3 rings (SSSR count). The molecule has 0 bridgehead atoms. The first-order chi connectivity index (χ1) is 12.2. The van der Waals surface area contributed by atoms with E-state index in [9.17, 15) is 9.59 Å². The Kier molecular flexibility index (Phi) is 6.42. The van der Waals surface area contributed by atoms with Gasteiger partial charge < -0.3 is 15.0 Å². The molecule has 2 aliphatic rings. The van der Waals surface area contributed by atoms with Crippen molar-refractivity contribution in [2.45, 2.75) is 25.8 Å². The molecule has 2 aliphatic heterocycles. The lowest BCUT2D eigenvalue weighted by Crippen LogP contribution is -2.40. The monoisotopic (exact) mass is 345 g/mol. The van der Waals surface area contributed by atoms with Crippen molar-refractivity contribution in [3.8, 4) is 0 Å². The van der Waals surface area contributed by atoms with Gasteiger partial charge in [0.25, 0.3) is 5.91 Å². The van der Waals surface area contributed by atoms with E-state index in [1.807, 2.05) is 29.2 Å². The zero-order chi connectivity index (χ0) is 17.5. The molecule has 6 heteroatoms. The molecular weight excluding hydrogens is 318 g/mol. The third kappa shape index (κ3) is 5.28. The van der Waals surface area contributed by atoms with Crippen molar-refractivity contribution in [1.82, 2.24) is 15.1 Å². The number of morpholine rings is 1. The van der Waals surface area contributed by atoms with Crippen LogP contribution in [-0.4, -0.2) is 67.6 Å². The summed E-state index contributed by atoms with van der Waals surface area (Å²) in [5.41, 5.74) is 1.69. The van der Waals surface area contributed by atoms with Crippen molar-refractivity contribution < 1.29 is 14.3 Å². The lowest BCUT2D eigenvalue weighted by molar-refractivity contribution is -0.122. The fraction of sp³-hybridized carbons (Fsp3) is 0.579. The first-order valence-corrected chi connectivity index (χ1v) is 9.17. The second kappa shape index (κ2) is 8.97. The molecule has 1 aromatic carbocycles. The van der Waals surface area contributed by atoms with Crippen LogP contribution >= 0.6 is 0 Å². The quantitative estimate of drug-likeness (QED) is 0.873. The number of amides is 2. The average Bonchev–Trinajstić information content (AvgIpc) is 2.68. The molecule has 0 spiro atoms. The number of carbonyl (C=O) groups excluding carboxylic acids is 2. The van der Waals surface area contributed by atoms with E-state index in [2.05, 4.69) is 10.2 Å². The van der Waals surface area contributed by atoms with E-state index in [1.54, 1.807) is 0 Å². The number of hydrogen-bond acceptors (Lipinski definition) is 4. The molecule has 2 fully saturated rings. The highest BCUT2D eigenvalue weighted by Crippen LogP contribution is 2.10. The van der Waals surface area contributed by atoms with Gasteiger partial charge in [0.15, 0.2) is 0 Å². The lowest BCUT2D eigenvalue weighted by Gasteiger charge is -2.27. The van der Waals surface area contributed by atoms with Gasteiger partial charge in [-0.3, -0.25) is 14.5 Å². The third-order valence-electron chi connectivity index (χ3n) is 4.80. The summed E-state index contributed by atoms with van der Waals surface area (Å²) >= 11 is 0. The number of carbonyl (C=O) groups is 2. The van der Waals surface area contributed by atoms with Gasteiger partial charge in [-0.25, -0.2) is 0 Å². The maximum atomic E-state index is 12.4. The highest BCUT2D eigenvalue weighted by Gasteiger charge is 2.18. The normalized spacial score (nSPS) is 18.8. The van der Waals surface area contributed by atoms with Gasteiger partial charge in [0, 0.05) is 25.2 Å². The summed E-state index contributed by atoms with van der Waals surface area (Å²) in [4.78, 5) is 28.5. The zero-order valence-electron chi connectivity index (χ0n) is 14.7. The summed E-state index contributed by atoms with van der Waals surface area (Å²) in [6, 6.07) is 7.50. The topological polar surface area (TPSA) is 61.9 Å². The number of rotatable bonds is 5. The SMILES string of the molecule is O=C(CN1CCCCC1)NCc1ccc(C(=O)N2CCOCC2)cc1. The van der Waals surface area contributed by atoms with Gasteiger partial charge in [-0.05, 0) is 43.6 Å². The van der Waals surface area contributed by atoms with E-state index in [-0.39, 0.29) is 11.8 Å². The van der Waals surface area contributed by atoms with E-state index in [0.717, 1.165) is 18.7 Å². The van der Waals surface area contributed by atoms with Crippen LogP contribution in [0.25, 0.3) is 0 Å². The van der Waals surface area contributed by atoms with Crippen molar-refractivity contribution in [3.05, 3.63) is 35.4 Å². The van der Waals surface area contributed by atoms with Gasteiger partial charge in [-0.1, -0.05) is 18.6 Å². The second-order valence-electron chi connectivity index (χ2n) is 6.72. The zero-order valence-corrected chi connectivity index (χ0v) is 14.7. The van der Waals surface area contributed by atoms with E-state index >= 15 is 0 Å². The Labute approximate surface area is 149 Å². The van der Waals surface area contributed by atoms with Crippen molar-refractivity contribution in [3.63, 3.8) is 0 Å². The molecule has 0 unspecified atom stereocenters. The summed E-state index contributed by atoms with van der Waals surface area (Å²) < 4.78 is 5.28. The number of piperidine rings is 1. The van der Waals surface area contributed by atoms with Crippen LogP contribution < -0.4 is 5.32 Å². The molecule has 0 aliphatic carbocycles. The Bertz CT molecular complexity index is 576. The van der Waals surface area contributed by atoms with Crippen molar-refractivity contribution in [2.75, 3.05) is 45.9 Å². The first-order valence-electron chi connectivity index (χ1n) is 9.17. The Balaban J connectivity index is 1.45. The molecule has 6 nitrogen and oxygen atoms in total. The Morgan fingerprint density at radius 3 is 2.32 bits per heavy atom. The minimum atomic E-state index is 0.0454. The van der Waals surface area contributed by atoms with Crippen LogP contribution in [0.3, 0.4) is 0 Å². The molecular formula is C19H27N3O3. The Hall–Kier alpha value is -1.92. The summed E-state index contributed by atoms with van der Waals surface area (Å²) in [6.45, 7) is 5.52. The van der Waals surface area contributed by atoms with E-state index < -0.39 is 0 Å².